The average Bonchev–Trinajstić information content (AvgIpc) is 2.80. The quantitative estimate of drug-likeness (QED) is 0.667. The number of nitrogens with one attached hydrogen (secondary N) is 1. The van der Waals surface area contributed by atoms with Crippen molar-refractivity contribution in [2.75, 3.05) is 39.1 Å². The summed E-state index contributed by atoms with van der Waals surface area (Å²) in [5.41, 5.74) is 2.01. The van der Waals surface area contributed by atoms with Crippen LogP contribution in [0, 0.1) is 12.8 Å². The predicted octanol–water partition coefficient (Wildman–Crippen LogP) is 3.13. The van der Waals surface area contributed by atoms with E-state index in [1.807, 2.05) is 31.2 Å². The van der Waals surface area contributed by atoms with Gasteiger partial charge in [0.05, 0.1) is 6.61 Å². The lowest BCUT2D eigenvalue weighted by Gasteiger charge is -2.31. The molecule has 0 aliphatic carbocycles. The number of hydrogen-bond acceptors (Lipinski definition) is 5. The summed E-state index contributed by atoms with van der Waals surface area (Å²) >= 11 is 0. The number of benzene rings is 2. The molecule has 1 heterocycles. The van der Waals surface area contributed by atoms with Gasteiger partial charge in [-0.05, 0) is 56.5 Å². The minimum Gasteiger partial charge on any atom is -0.492 e. The van der Waals surface area contributed by atoms with Crippen LogP contribution < -0.4 is 10.1 Å². The number of piperidine rings is 1. The average molecular weight is 474 g/mol. The van der Waals surface area contributed by atoms with Gasteiger partial charge in [0.15, 0.2) is 0 Å². The molecule has 1 saturated heterocycles. The molecule has 9 heteroatoms. The van der Waals surface area contributed by atoms with Crippen LogP contribution in [-0.2, 0) is 14.8 Å². The maximum Gasteiger partial charge on any atom is 0.254 e. The van der Waals surface area contributed by atoms with Gasteiger partial charge in [-0.3, -0.25) is 9.59 Å². The molecule has 2 aromatic carbocycles. The monoisotopic (exact) mass is 473 g/mol. The number of sulfonamides is 1. The summed E-state index contributed by atoms with van der Waals surface area (Å²) in [7, 11) is -0.853. The summed E-state index contributed by atoms with van der Waals surface area (Å²) in [4.78, 5) is 27.5. The number of anilines is 1. The first kappa shape index (κ1) is 24.7. The lowest BCUT2D eigenvalue weighted by Crippen LogP contribution is -2.41. The van der Waals surface area contributed by atoms with E-state index in [9.17, 15) is 18.0 Å². The molecule has 0 unspecified atom stereocenters. The van der Waals surface area contributed by atoms with Crippen LogP contribution in [0.1, 0.15) is 35.7 Å². The Kier molecular flexibility index (Phi) is 7.76. The molecule has 0 radical (unpaired) electrons. The third kappa shape index (κ3) is 5.54. The molecule has 1 fully saturated rings. The molecular weight excluding hydrogens is 442 g/mol. The molecule has 1 N–H and O–H groups in total. The number of nitrogens with zero attached hydrogens (tertiary/aromatic N) is 2. The molecule has 8 nitrogen and oxygen atoms in total. The van der Waals surface area contributed by atoms with Crippen LogP contribution >= 0.6 is 0 Å². The molecule has 0 saturated carbocycles. The molecule has 0 bridgehead atoms. The highest BCUT2D eigenvalue weighted by molar-refractivity contribution is 7.89. The van der Waals surface area contributed by atoms with Crippen molar-refractivity contribution in [3.05, 3.63) is 53.6 Å². The topological polar surface area (TPSA) is 96.0 Å². The zero-order valence-corrected chi connectivity index (χ0v) is 20.3. The Labute approximate surface area is 195 Å². The molecule has 0 atom stereocenters. The van der Waals surface area contributed by atoms with Gasteiger partial charge in [0, 0.05) is 44.4 Å². The Bertz CT molecular complexity index is 1120. The number of carbonyl (C=O) groups is 2. The van der Waals surface area contributed by atoms with Gasteiger partial charge in [0.25, 0.3) is 5.91 Å². The van der Waals surface area contributed by atoms with Crippen molar-refractivity contribution in [3.63, 3.8) is 0 Å². The van der Waals surface area contributed by atoms with E-state index in [1.165, 1.54) is 20.2 Å². The fraction of sp³-hybridized carbons (Fsp3) is 0.417. The van der Waals surface area contributed by atoms with E-state index in [2.05, 4.69) is 5.32 Å². The second-order valence-corrected chi connectivity index (χ2v) is 10.4. The van der Waals surface area contributed by atoms with Crippen molar-refractivity contribution in [1.82, 2.24) is 9.21 Å². The van der Waals surface area contributed by atoms with Crippen molar-refractivity contribution in [2.24, 2.45) is 5.92 Å². The van der Waals surface area contributed by atoms with Gasteiger partial charge in [-0.2, -0.15) is 0 Å². The van der Waals surface area contributed by atoms with Crippen molar-refractivity contribution < 1.29 is 22.7 Å². The molecule has 0 spiro atoms. The highest BCUT2D eigenvalue weighted by atomic mass is 32.2. The summed E-state index contributed by atoms with van der Waals surface area (Å²) in [6, 6.07) is 12.1. The number of carbonyl (C=O) groups excluding carboxylic acids is 2. The van der Waals surface area contributed by atoms with Gasteiger partial charge in [-0.25, -0.2) is 12.7 Å². The summed E-state index contributed by atoms with van der Waals surface area (Å²) in [5.74, 6) is -0.217. The van der Waals surface area contributed by atoms with E-state index in [0.29, 0.717) is 43.8 Å². The molecule has 2 aromatic rings. The van der Waals surface area contributed by atoms with Gasteiger partial charge in [-0.1, -0.05) is 18.2 Å². The Morgan fingerprint density at radius 3 is 2.39 bits per heavy atom. The summed E-state index contributed by atoms with van der Waals surface area (Å²) in [6.07, 6.45) is 1.09. The van der Waals surface area contributed by atoms with Crippen molar-refractivity contribution in [2.45, 2.75) is 31.6 Å². The second-order valence-electron chi connectivity index (χ2n) is 8.25. The Morgan fingerprint density at radius 2 is 1.79 bits per heavy atom. The standard InChI is InChI=1S/C24H31N3O5S/c1-5-32-21-11-10-19(16-22(21)33(30,31)26(3)4)25-23(28)18-12-14-27(15-13-18)24(29)20-9-7-6-8-17(20)2/h6-11,16,18H,5,12-15H2,1-4H3,(H,25,28). The minimum atomic E-state index is -3.75. The van der Waals surface area contributed by atoms with Crippen molar-refractivity contribution in [1.29, 1.82) is 0 Å². The fourth-order valence-electron chi connectivity index (χ4n) is 3.83. The molecule has 1 aliphatic rings. The van der Waals surface area contributed by atoms with Gasteiger partial charge in [-0.15, -0.1) is 0 Å². The van der Waals surface area contributed by atoms with Crippen molar-refractivity contribution >= 4 is 27.5 Å². The van der Waals surface area contributed by atoms with Crippen LogP contribution in [0.25, 0.3) is 0 Å². The van der Waals surface area contributed by atoms with Crippen LogP contribution in [-0.4, -0.2) is 63.2 Å². The second kappa shape index (κ2) is 10.4. The summed E-state index contributed by atoms with van der Waals surface area (Å²) in [6.45, 7) is 5.00. The maximum absolute atomic E-state index is 12.9. The lowest BCUT2D eigenvalue weighted by atomic mass is 9.95. The van der Waals surface area contributed by atoms with Crippen LogP contribution in [0.4, 0.5) is 5.69 Å². The highest BCUT2D eigenvalue weighted by Crippen LogP contribution is 2.30. The van der Waals surface area contributed by atoms with Crippen LogP contribution in [0.5, 0.6) is 5.75 Å². The van der Waals surface area contributed by atoms with Gasteiger partial charge < -0.3 is 15.0 Å². The number of likely N-dealkylation sites (tertiary alicyclic amines) is 1. The summed E-state index contributed by atoms with van der Waals surface area (Å²) < 4.78 is 32.0. The SMILES string of the molecule is CCOc1ccc(NC(=O)C2CCN(C(=O)c3ccccc3C)CC2)cc1S(=O)(=O)N(C)C. The Balaban J connectivity index is 1.68. The molecule has 3 rings (SSSR count). The Hall–Kier alpha value is -2.91. The number of amides is 2. The number of ether oxygens (including phenoxy) is 1. The minimum absolute atomic E-state index is 0.00537. The predicted molar refractivity (Wildman–Crippen MR) is 127 cm³/mol. The normalized spacial score (nSPS) is 14.9. The van der Waals surface area contributed by atoms with Gasteiger partial charge >= 0.3 is 0 Å². The van der Waals surface area contributed by atoms with Crippen LogP contribution in [0.15, 0.2) is 47.4 Å². The number of aryl methyl sites for hydroxylation is 1. The number of hydrogen-bond donors (Lipinski definition) is 1. The van der Waals surface area contributed by atoms with Crippen LogP contribution in [0.2, 0.25) is 0 Å². The molecule has 2 amide bonds. The third-order valence-corrected chi connectivity index (χ3v) is 7.63. The first-order valence-corrected chi connectivity index (χ1v) is 12.4. The molecule has 0 aromatic heterocycles. The first-order valence-electron chi connectivity index (χ1n) is 11.0. The summed E-state index contributed by atoms with van der Waals surface area (Å²) in [5, 5.41) is 2.84. The molecule has 1 aliphatic heterocycles. The van der Waals surface area contributed by atoms with Crippen molar-refractivity contribution in [3.8, 4) is 5.75 Å². The number of rotatable bonds is 7. The zero-order valence-electron chi connectivity index (χ0n) is 19.5. The van der Waals surface area contributed by atoms with E-state index in [1.54, 1.807) is 24.0 Å². The maximum atomic E-state index is 12.9. The first-order chi connectivity index (χ1) is 15.6. The lowest BCUT2D eigenvalue weighted by molar-refractivity contribution is -0.121. The smallest absolute Gasteiger partial charge is 0.254 e. The highest BCUT2D eigenvalue weighted by Gasteiger charge is 2.29. The Morgan fingerprint density at radius 1 is 1.12 bits per heavy atom. The van der Waals surface area contributed by atoms with Gasteiger partial charge in [0.1, 0.15) is 10.6 Å². The third-order valence-electron chi connectivity index (χ3n) is 5.80. The van der Waals surface area contributed by atoms with Gasteiger partial charge in [0.2, 0.25) is 15.9 Å². The van der Waals surface area contributed by atoms with E-state index in [4.69, 9.17) is 4.74 Å². The largest absolute Gasteiger partial charge is 0.492 e. The van der Waals surface area contributed by atoms with E-state index in [0.717, 1.165) is 9.87 Å². The fourth-order valence-corrected chi connectivity index (χ4v) is 4.88. The van der Waals surface area contributed by atoms with E-state index < -0.39 is 10.0 Å². The molecule has 178 valence electrons. The molecular formula is C24H31N3O5S. The molecule has 33 heavy (non-hydrogen) atoms. The zero-order chi connectivity index (χ0) is 24.2. The van der Waals surface area contributed by atoms with Crippen LogP contribution in [0.3, 0.4) is 0 Å². The van der Waals surface area contributed by atoms with E-state index in [-0.39, 0.29) is 28.4 Å². The van der Waals surface area contributed by atoms with E-state index >= 15 is 0 Å².